The zero-order chi connectivity index (χ0) is 14.9. The predicted octanol–water partition coefficient (Wildman–Crippen LogP) is 2.41. The summed E-state index contributed by atoms with van der Waals surface area (Å²) in [6.07, 6.45) is 1.28. The second-order valence-electron chi connectivity index (χ2n) is 4.80. The van der Waals surface area contributed by atoms with Gasteiger partial charge in [-0.25, -0.2) is 13.2 Å². The van der Waals surface area contributed by atoms with Crippen LogP contribution in [0.1, 0.15) is 28.8 Å². The third-order valence-corrected chi connectivity index (χ3v) is 6.04. The fourth-order valence-corrected chi connectivity index (χ4v) is 4.62. The van der Waals surface area contributed by atoms with Gasteiger partial charge in [-0.05, 0) is 37.5 Å². The fraction of sp³-hybridized carbons (Fsp3) is 0.462. The van der Waals surface area contributed by atoms with Crippen molar-refractivity contribution in [3.8, 4) is 0 Å². The van der Waals surface area contributed by atoms with Crippen LogP contribution in [0.4, 0.5) is 0 Å². The van der Waals surface area contributed by atoms with Crippen LogP contribution in [-0.4, -0.2) is 38.0 Å². The Balaban J connectivity index is 2.41. The van der Waals surface area contributed by atoms with E-state index >= 15 is 0 Å². The summed E-state index contributed by atoms with van der Waals surface area (Å²) in [5.41, 5.74) is 0.474. The Kier molecular flexibility index (Phi) is 4.51. The highest BCUT2D eigenvalue weighted by Gasteiger charge is 2.27. The van der Waals surface area contributed by atoms with Crippen LogP contribution in [-0.2, 0) is 14.6 Å². The summed E-state index contributed by atoms with van der Waals surface area (Å²) in [5.74, 6) is -1.26. The average molecular weight is 363 g/mol. The summed E-state index contributed by atoms with van der Waals surface area (Å²) in [4.78, 5) is 11.1. The number of rotatable bonds is 4. The molecular weight excluding hydrogens is 348 g/mol. The van der Waals surface area contributed by atoms with Crippen LogP contribution < -0.4 is 0 Å². The molecule has 1 saturated heterocycles. The fourth-order valence-electron chi connectivity index (χ4n) is 2.21. The SMILES string of the molecule is Cc1c(Br)cc(C(=O)O)cc1S(=O)(=O)CC1CCCO1. The minimum atomic E-state index is -3.57. The molecular formula is C13H15BrO5S. The van der Waals surface area contributed by atoms with Gasteiger partial charge in [0.05, 0.1) is 22.3 Å². The molecule has 0 radical (unpaired) electrons. The molecule has 1 aliphatic rings. The van der Waals surface area contributed by atoms with Gasteiger partial charge in [0.25, 0.3) is 0 Å². The summed E-state index contributed by atoms with van der Waals surface area (Å²) in [6.45, 7) is 2.23. The first kappa shape index (κ1) is 15.5. The number of sulfone groups is 1. The number of aromatic carboxylic acids is 1. The summed E-state index contributed by atoms with van der Waals surface area (Å²) >= 11 is 3.21. The lowest BCUT2D eigenvalue weighted by molar-refractivity contribution is 0.0696. The number of carbonyl (C=O) groups is 1. The van der Waals surface area contributed by atoms with E-state index in [1.807, 2.05) is 0 Å². The van der Waals surface area contributed by atoms with E-state index in [1.165, 1.54) is 12.1 Å². The molecule has 2 rings (SSSR count). The van der Waals surface area contributed by atoms with Crippen LogP contribution in [0.15, 0.2) is 21.5 Å². The monoisotopic (exact) mass is 362 g/mol. The van der Waals surface area contributed by atoms with Gasteiger partial charge >= 0.3 is 5.97 Å². The highest BCUT2D eigenvalue weighted by Crippen LogP contribution is 2.28. The molecule has 20 heavy (non-hydrogen) atoms. The molecule has 1 aromatic rings. The molecule has 1 unspecified atom stereocenters. The van der Waals surface area contributed by atoms with Crippen LogP contribution in [0, 0.1) is 6.92 Å². The highest BCUT2D eigenvalue weighted by atomic mass is 79.9. The predicted molar refractivity (Wildman–Crippen MR) is 76.9 cm³/mol. The summed E-state index contributed by atoms with van der Waals surface area (Å²) in [7, 11) is -3.57. The Labute approximate surface area is 126 Å². The summed E-state index contributed by atoms with van der Waals surface area (Å²) in [5, 5.41) is 9.03. The van der Waals surface area contributed by atoms with E-state index in [0.717, 1.165) is 12.8 Å². The second kappa shape index (κ2) is 5.83. The van der Waals surface area contributed by atoms with Gasteiger partial charge in [-0.2, -0.15) is 0 Å². The Hall–Kier alpha value is -0.920. The number of carboxylic acids is 1. The van der Waals surface area contributed by atoms with Gasteiger partial charge in [0, 0.05) is 11.1 Å². The number of halogens is 1. The molecule has 1 fully saturated rings. The van der Waals surface area contributed by atoms with E-state index in [-0.39, 0.29) is 22.3 Å². The van der Waals surface area contributed by atoms with Crippen molar-refractivity contribution in [1.82, 2.24) is 0 Å². The standard InChI is InChI=1S/C13H15BrO5S/c1-8-11(14)5-9(13(15)16)6-12(8)20(17,18)7-10-3-2-4-19-10/h5-6,10H,2-4,7H2,1H3,(H,15,16). The maximum Gasteiger partial charge on any atom is 0.335 e. The van der Waals surface area contributed by atoms with Crippen LogP contribution in [0.25, 0.3) is 0 Å². The normalized spacial score (nSPS) is 19.2. The summed E-state index contributed by atoms with van der Waals surface area (Å²) in [6, 6.07) is 2.62. The van der Waals surface area contributed by atoms with E-state index in [2.05, 4.69) is 15.9 Å². The quantitative estimate of drug-likeness (QED) is 0.889. The molecule has 0 bridgehead atoms. The lowest BCUT2D eigenvalue weighted by Crippen LogP contribution is -2.21. The van der Waals surface area contributed by atoms with Crippen molar-refractivity contribution in [2.75, 3.05) is 12.4 Å². The van der Waals surface area contributed by atoms with Crippen molar-refractivity contribution in [3.05, 3.63) is 27.7 Å². The molecule has 1 N–H and O–H groups in total. The summed E-state index contributed by atoms with van der Waals surface area (Å²) < 4.78 is 30.7. The first-order valence-electron chi connectivity index (χ1n) is 6.19. The maximum atomic E-state index is 12.4. The average Bonchev–Trinajstić information content (AvgIpc) is 2.83. The van der Waals surface area contributed by atoms with Crippen LogP contribution >= 0.6 is 15.9 Å². The maximum absolute atomic E-state index is 12.4. The zero-order valence-corrected chi connectivity index (χ0v) is 13.3. The number of hydrogen-bond acceptors (Lipinski definition) is 4. The number of ether oxygens (including phenoxy) is 1. The Bertz CT molecular complexity index is 632. The van der Waals surface area contributed by atoms with Gasteiger partial charge in [0.15, 0.2) is 9.84 Å². The van der Waals surface area contributed by atoms with Crippen molar-refractivity contribution >= 4 is 31.7 Å². The third-order valence-electron chi connectivity index (χ3n) is 3.31. The van der Waals surface area contributed by atoms with Crippen molar-refractivity contribution in [1.29, 1.82) is 0 Å². The highest BCUT2D eigenvalue weighted by molar-refractivity contribution is 9.10. The van der Waals surface area contributed by atoms with Gasteiger partial charge in [0.1, 0.15) is 0 Å². The molecule has 0 aromatic heterocycles. The van der Waals surface area contributed by atoms with E-state index < -0.39 is 15.8 Å². The third kappa shape index (κ3) is 3.21. The van der Waals surface area contributed by atoms with Crippen molar-refractivity contribution in [2.24, 2.45) is 0 Å². The largest absolute Gasteiger partial charge is 0.478 e. The van der Waals surface area contributed by atoms with Gasteiger partial charge < -0.3 is 9.84 Å². The van der Waals surface area contributed by atoms with Crippen molar-refractivity contribution in [3.63, 3.8) is 0 Å². The van der Waals surface area contributed by atoms with Gasteiger partial charge in [-0.3, -0.25) is 0 Å². The topological polar surface area (TPSA) is 80.7 Å². The van der Waals surface area contributed by atoms with Crippen molar-refractivity contribution in [2.45, 2.75) is 30.8 Å². The van der Waals surface area contributed by atoms with Gasteiger partial charge in [-0.1, -0.05) is 15.9 Å². The van der Waals surface area contributed by atoms with E-state index in [0.29, 0.717) is 16.6 Å². The Morgan fingerprint density at radius 3 is 2.75 bits per heavy atom. The first-order valence-corrected chi connectivity index (χ1v) is 8.63. The molecule has 0 saturated carbocycles. The van der Waals surface area contributed by atoms with E-state index in [4.69, 9.17) is 9.84 Å². The van der Waals surface area contributed by atoms with Crippen LogP contribution in [0.2, 0.25) is 0 Å². The minimum Gasteiger partial charge on any atom is -0.478 e. The van der Waals surface area contributed by atoms with Gasteiger partial charge in [-0.15, -0.1) is 0 Å². The minimum absolute atomic E-state index is 0.0478. The molecule has 1 heterocycles. The van der Waals surface area contributed by atoms with Gasteiger partial charge in [0.2, 0.25) is 0 Å². The molecule has 0 amide bonds. The molecule has 7 heteroatoms. The van der Waals surface area contributed by atoms with E-state index in [9.17, 15) is 13.2 Å². The molecule has 1 aromatic carbocycles. The Morgan fingerprint density at radius 2 is 2.20 bits per heavy atom. The zero-order valence-electron chi connectivity index (χ0n) is 10.9. The number of hydrogen-bond donors (Lipinski definition) is 1. The smallest absolute Gasteiger partial charge is 0.335 e. The van der Waals surface area contributed by atoms with Crippen LogP contribution in [0.5, 0.6) is 0 Å². The number of carboxylic acid groups (broad SMARTS) is 1. The first-order chi connectivity index (χ1) is 9.31. The van der Waals surface area contributed by atoms with Crippen molar-refractivity contribution < 1.29 is 23.1 Å². The molecule has 5 nitrogen and oxygen atoms in total. The lowest BCUT2D eigenvalue weighted by atomic mass is 10.1. The Morgan fingerprint density at radius 1 is 1.50 bits per heavy atom. The lowest BCUT2D eigenvalue weighted by Gasteiger charge is -2.13. The molecule has 0 aliphatic carbocycles. The molecule has 0 spiro atoms. The molecule has 110 valence electrons. The number of benzene rings is 1. The second-order valence-corrected chi connectivity index (χ2v) is 7.66. The molecule has 1 atom stereocenters. The van der Waals surface area contributed by atoms with Crippen LogP contribution in [0.3, 0.4) is 0 Å². The van der Waals surface area contributed by atoms with E-state index in [1.54, 1.807) is 6.92 Å². The molecule has 1 aliphatic heterocycles.